The Balaban J connectivity index is 2.92. The molecule has 0 heterocycles. The van der Waals surface area contributed by atoms with Crippen LogP contribution in [0.4, 0.5) is 0 Å². The first-order valence-electron chi connectivity index (χ1n) is 1.26. The van der Waals surface area contributed by atoms with Crippen molar-refractivity contribution in [3.05, 3.63) is 23.3 Å². The average molecular weight is 160 g/mol. The van der Waals surface area contributed by atoms with Crippen LogP contribution in [0.25, 0.3) is 0 Å². The summed E-state index contributed by atoms with van der Waals surface area (Å²) in [6, 6.07) is 0. The van der Waals surface area contributed by atoms with Crippen LogP contribution in [0, 0.1) is 0 Å². The summed E-state index contributed by atoms with van der Waals surface area (Å²) < 4.78 is 1.79. The van der Waals surface area contributed by atoms with Crippen molar-refractivity contribution in [2.24, 2.45) is 0 Å². The zero-order valence-electron chi connectivity index (χ0n) is 2.76. The predicted molar refractivity (Wildman–Crippen MR) is 19.3 cm³/mol. The third-order valence-electron chi connectivity index (χ3n) is 0.197. The van der Waals surface area contributed by atoms with Gasteiger partial charge in [0.2, 0.25) is 0 Å². The Labute approximate surface area is 43.0 Å². The Kier molecular flexibility index (Phi) is 4.26. The number of hydrogen-bond donors (Lipinski definition) is 0. The first-order chi connectivity index (χ1) is 2.41. The molecule has 31 valence electrons. The molecule has 0 unspecified atom stereocenters. The Morgan fingerprint density at radius 3 is 2.20 bits per heavy atom. The van der Waals surface area contributed by atoms with E-state index in [0.717, 1.165) is 0 Å². The van der Waals surface area contributed by atoms with Gasteiger partial charge in [-0.15, -0.1) is 0 Å². The van der Waals surface area contributed by atoms with Gasteiger partial charge in [0.05, 0.1) is 0 Å². The molecule has 0 aliphatic heterocycles. The van der Waals surface area contributed by atoms with Gasteiger partial charge in [-0.05, 0) is 0 Å². The van der Waals surface area contributed by atoms with Crippen molar-refractivity contribution < 1.29 is 19.2 Å². The van der Waals surface area contributed by atoms with Crippen molar-refractivity contribution in [3.63, 3.8) is 0 Å². The molecule has 0 rings (SSSR count). The first kappa shape index (κ1) is 5.14. The number of hydrogen-bond acceptors (Lipinski definition) is 0. The van der Waals surface area contributed by atoms with Crippen molar-refractivity contribution in [2.45, 2.75) is 0 Å². The van der Waals surface area contributed by atoms with E-state index in [4.69, 9.17) is 0 Å². The van der Waals surface area contributed by atoms with Gasteiger partial charge < -0.3 is 0 Å². The molecule has 0 amide bonds. The molecule has 0 saturated heterocycles. The number of allylic oxidation sites excluding steroid dienone is 2. The van der Waals surface area contributed by atoms with E-state index in [-0.39, 0.29) is 0 Å². The van der Waals surface area contributed by atoms with Gasteiger partial charge >= 0.3 is 42.5 Å². The topological polar surface area (TPSA) is 0 Å². The Morgan fingerprint density at radius 1 is 1.60 bits per heavy atom. The van der Waals surface area contributed by atoms with Crippen LogP contribution in [0.2, 0.25) is 0 Å². The van der Waals surface area contributed by atoms with E-state index >= 15 is 0 Å². The van der Waals surface area contributed by atoms with Crippen molar-refractivity contribution in [2.75, 3.05) is 0 Å². The van der Waals surface area contributed by atoms with Gasteiger partial charge in [-0.1, -0.05) is 0 Å². The maximum absolute atomic E-state index is 3.44. The third kappa shape index (κ3) is 4.14. The van der Waals surface area contributed by atoms with Gasteiger partial charge in [0.25, 0.3) is 0 Å². The van der Waals surface area contributed by atoms with Gasteiger partial charge in [-0.3, -0.25) is 0 Å². The molecule has 0 aliphatic carbocycles. The molecule has 0 radical (unpaired) electrons. The van der Waals surface area contributed by atoms with Gasteiger partial charge in [0.1, 0.15) is 0 Å². The molecule has 5 heavy (non-hydrogen) atoms. The average Bonchev–Trinajstić information content (AvgIpc) is 1.41. The fourth-order valence-corrected chi connectivity index (χ4v) is 0.255. The molecule has 0 N–H and O–H groups in total. The molecule has 0 atom stereocenters. The molecule has 1 heteroatoms. The Hall–Kier alpha value is 0.142. The van der Waals surface area contributed by atoms with Crippen LogP contribution in [0.3, 0.4) is 0 Å². The van der Waals surface area contributed by atoms with Crippen LogP contribution in [0.5, 0.6) is 0 Å². The number of rotatable bonds is 1. The SMILES string of the molecule is C=CC=[CH][Pd]. The molecule has 0 aromatic heterocycles. The van der Waals surface area contributed by atoms with E-state index in [0.29, 0.717) is 0 Å². The second-order valence-corrected chi connectivity index (χ2v) is 1.05. The fourth-order valence-electron chi connectivity index (χ4n) is 0.0430. The normalized spacial score (nSPS) is 9.20. The molecular weight excluding hydrogens is 154 g/mol. The molecule has 0 aromatic rings. The zero-order chi connectivity index (χ0) is 4.12. The Morgan fingerprint density at radius 2 is 2.20 bits per heavy atom. The molecule has 0 nitrogen and oxygen atoms in total. The van der Waals surface area contributed by atoms with E-state index in [1.807, 2.05) is 6.08 Å². The van der Waals surface area contributed by atoms with E-state index in [1.165, 1.54) is 0 Å². The summed E-state index contributed by atoms with van der Waals surface area (Å²) in [6.45, 7) is 3.44. The summed E-state index contributed by atoms with van der Waals surface area (Å²) in [6.07, 6.45) is 3.53. The summed E-state index contributed by atoms with van der Waals surface area (Å²) in [5.41, 5.74) is 0. The molecule has 0 saturated carbocycles. The van der Waals surface area contributed by atoms with Crippen LogP contribution in [-0.4, -0.2) is 0 Å². The molecule has 0 spiro atoms. The monoisotopic (exact) mass is 159 g/mol. The van der Waals surface area contributed by atoms with E-state index in [2.05, 4.69) is 25.8 Å². The summed E-state index contributed by atoms with van der Waals surface area (Å²) in [7, 11) is 0. The minimum atomic E-state index is 1.71. The van der Waals surface area contributed by atoms with Crippen molar-refractivity contribution in [3.8, 4) is 0 Å². The summed E-state index contributed by atoms with van der Waals surface area (Å²) >= 11 is 2.84. The summed E-state index contributed by atoms with van der Waals surface area (Å²) in [5.74, 6) is 0. The Bertz CT molecular complexity index is 45.6. The standard InChI is InChI=1S/C4H5.Pd/c1-3-4-2;/h1,3-4H,2H2;. The molecule has 0 aromatic carbocycles. The fraction of sp³-hybridized carbons (Fsp3) is 0. The zero-order valence-corrected chi connectivity index (χ0v) is 4.31. The van der Waals surface area contributed by atoms with Crippen molar-refractivity contribution in [1.82, 2.24) is 0 Å². The quantitative estimate of drug-likeness (QED) is 0.399. The predicted octanol–water partition coefficient (Wildman–Crippen LogP) is 1.23. The molecule has 0 fully saturated rings. The molecule has 0 aliphatic rings. The van der Waals surface area contributed by atoms with Crippen LogP contribution in [0.15, 0.2) is 23.3 Å². The minimum absolute atomic E-state index is 1.71. The summed E-state index contributed by atoms with van der Waals surface area (Å²) in [4.78, 5) is 0. The van der Waals surface area contributed by atoms with E-state index in [1.54, 1.807) is 10.6 Å². The molecule has 0 bridgehead atoms. The molecular formula is C4H5Pd. The van der Waals surface area contributed by atoms with Gasteiger partial charge in [-0.25, -0.2) is 0 Å². The summed E-state index contributed by atoms with van der Waals surface area (Å²) in [5, 5.41) is 0. The van der Waals surface area contributed by atoms with Crippen LogP contribution >= 0.6 is 0 Å². The van der Waals surface area contributed by atoms with Gasteiger partial charge in [-0.2, -0.15) is 0 Å². The third-order valence-corrected chi connectivity index (χ3v) is 0.496. The van der Waals surface area contributed by atoms with E-state index in [9.17, 15) is 0 Å². The van der Waals surface area contributed by atoms with Crippen LogP contribution in [-0.2, 0) is 19.2 Å². The van der Waals surface area contributed by atoms with E-state index < -0.39 is 0 Å². The van der Waals surface area contributed by atoms with Crippen LogP contribution < -0.4 is 0 Å². The van der Waals surface area contributed by atoms with Gasteiger partial charge in [0.15, 0.2) is 0 Å². The van der Waals surface area contributed by atoms with Crippen LogP contribution in [0.1, 0.15) is 0 Å². The van der Waals surface area contributed by atoms with Gasteiger partial charge in [0, 0.05) is 0 Å². The first-order valence-corrected chi connectivity index (χ1v) is 2.16. The maximum atomic E-state index is 3.44. The van der Waals surface area contributed by atoms with Crippen molar-refractivity contribution >= 4 is 0 Å². The second-order valence-electron chi connectivity index (χ2n) is 0.534. The van der Waals surface area contributed by atoms with Crippen molar-refractivity contribution in [1.29, 1.82) is 0 Å². The second kappa shape index (κ2) is 4.14.